The molecular formula is C26H27N5O2. The molecule has 0 atom stereocenters. The van der Waals surface area contributed by atoms with Crippen molar-refractivity contribution < 1.29 is 9.90 Å². The number of nitrogens with one attached hydrogen (secondary N) is 1. The molecule has 2 N–H and O–H groups in total. The Balaban J connectivity index is 1.38. The van der Waals surface area contributed by atoms with Crippen LogP contribution < -0.4 is 5.32 Å². The topological polar surface area (TPSA) is 83.3 Å². The van der Waals surface area contributed by atoms with Gasteiger partial charge in [-0.1, -0.05) is 48.5 Å². The van der Waals surface area contributed by atoms with Crippen LogP contribution in [0.25, 0.3) is 10.9 Å². The fourth-order valence-corrected chi connectivity index (χ4v) is 4.54. The Morgan fingerprint density at radius 1 is 1.06 bits per heavy atom. The molecular weight excluding hydrogens is 414 g/mol. The van der Waals surface area contributed by atoms with E-state index in [-0.39, 0.29) is 12.5 Å². The summed E-state index contributed by atoms with van der Waals surface area (Å²) in [7, 11) is 0. The molecule has 0 aliphatic carbocycles. The fraction of sp³-hybridized carbons (Fsp3) is 0.269. The summed E-state index contributed by atoms with van der Waals surface area (Å²) in [6.07, 6.45) is 2.64. The predicted molar refractivity (Wildman–Crippen MR) is 126 cm³/mol. The van der Waals surface area contributed by atoms with Gasteiger partial charge in [0.15, 0.2) is 5.69 Å². The number of aliphatic hydroxyl groups excluding tert-OH is 1. The molecule has 1 aliphatic rings. The van der Waals surface area contributed by atoms with E-state index in [1.807, 2.05) is 54.7 Å². The SMILES string of the molecule is O=C(NCc1ccccc1)c1nn(CCO)c2c1CN(Cc1ccnc3ccccc13)CC2. The summed E-state index contributed by atoms with van der Waals surface area (Å²) in [5.74, 6) is -0.178. The van der Waals surface area contributed by atoms with Gasteiger partial charge in [0.1, 0.15) is 0 Å². The number of benzene rings is 2. The summed E-state index contributed by atoms with van der Waals surface area (Å²) in [5.41, 5.74) is 5.72. The van der Waals surface area contributed by atoms with Gasteiger partial charge in [0.2, 0.25) is 0 Å². The minimum atomic E-state index is -0.178. The molecule has 2 aromatic carbocycles. The third-order valence-electron chi connectivity index (χ3n) is 6.17. The lowest BCUT2D eigenvalue weighted by Crippen LogP contribution is -2.32. The molecule has 7 nitrogen and oxygen atoms in total. The molecule has 2 aromatic heterocycles. The Morgan fingerprint density at radius 2 is 1.88 bits per heavy atom. The van der Waals surface area contributed by atoms with E-state index >= 15 is 0 Å². The number of carbonyl (C=O) groups excluding carboxylic acids is 1. The van der Waals surface area contributed by atoms with Crippen molar-refractivity contribution in [1.82, 2.24) is 25.0 Å². The molecule has 0 spiro atoms. The monoisotopic (exact) mass is 441 g/mol. The van der Waals surface area contributed by atoms with Crippen molar-refractivity contribution in [2.45, 2.75) is 32.6 Å². The van der Waals surface area contributed by atoms with E-state index < -0.39 is 0 Å². The van der Waals surface area contributed by atoms with Gasteiger partial charge in [0, 0.05) is 55.4 Å². The largest absolute Gasteiger partial charge is 0.394 e. The molecule has 1 aliphatic heterocycles. The number of carbonyl (C=O) groups is 1. The standard InChI is InChI=1S/C26H27N5O2/c32-15-14-31-24-11-13-30(17-20-10-12-27-23-9-5-4-8-21(20)23)18-22(24)25(29-31)26(33)28-16-19-6-2-1-3-7-19/h1-10,12,32H,11,13-18H2,(H,28,33). The molecule has 0 bridgehead atoms. The Kier molecular flexibility index (Phi) is 6.15. The van der Waals surface area contributed by atoms with Crippen molar-refractivity contribution in [3.8, 4) is 0 Å². The molecule has 4 aromatic rings. The maximum Gasteiger partial charge on any atom is 0.272 e. The van der Waals surface area contributed by atoms with Crippen molar-refractivity contribution in [1.29, 1.82) is 0 Å². The summed E-state index contributed by atoms with van der Waals surface area (Å²) in [4.78, 5) is 19.9. The van der Waals surface area contributed by atoms with Gasteiger partial charge in [-0.3, -0.25) is 19.4 Å². The highest BCUT2D eigenvalue weighted by Crippen LogP contribution is 2.26. The molecule has 33 heavy (non-hydrogen) atoms. The minimum absolute atomic E-state index is 0.00802. The van der Waals surface area contributed by atoms with Gasteiger partial charge >= 0.3 is 0 Å². The summed E-state index contributed by atoms with van der Waals surface area (Å²) < 4.78 is 1.80. The Bertz CT molecular complexity index is 1260. The van der Waals surface area contributed by atoms with E-state index in [1.165, 1.54) is 5.56 Å². The molecule has 0 fully saturated rings. The van der Waals surface area contributed by atoms with Crippen molar-refractivity contribution in [2.75, 3.05) is 13.2 Å². The zero-order valence-electron chi connectivity index (χ0n) is 18.4. The molecule has 7 heteroatoms. The van der Waals surface area contributed by atoms with Crippen LogP contribution >= 0.6 is 0 Å². The first-order valence-corrected chi connectivity index (χ1v) is 11.3. The van der Waals surface area contributed by atoms with Crippen LogP contribution in [0, 0.1) is 0 Å². The third-order valence-corrected chi connectivity index (χ3v) is 6.17. The Labute approximate surface area is 192 Å². The maximum absolute atomic E-state index is 13.1. The number of pyridine rings is 1. The van der Waals surface area contributed by atoms with Gasteiger partial charge in [0.25, 0.3) is 5.91 Å². The number of rotatable bonds is 7. The quantitative estimate of drug-likeness (QED) is 0.461. The van der Waals surface area contributed by atoms with Crippen molar-refractivity contribution in [3.05, 3.63) is 94.9 Å². The molecule has 168 valence electrons. The highest BCUT2D eigenvalue weighted by Gasteiger charge is 2.28. The first-order chi connectivity index (χ1) is 16.2. The summed E-state index contributed by atoms with van der Waals surface area (Å²) in [5, 5.41) is 18.2. The van der Waals surface area contributed by atoms with Gasteiger partial charge in [-0.25, -0.2) is 0 Å². The van der Waals surface area contributed by atoms with E-state index in [9.17, 15) is 9.90 Å². The van der Waals surface area contributed by atoms with Crippen LogP contribution in [0.5, 0.6) is 0 Å². The van der Waals surface area contributed by atoms with Crippen LogP contribution in [-0.4, -0.2) is 43.8 Å². The lowest BCUT2D eigenvalue weighted by Gasteiger charge is -2.28. The lowest BCUT2D eigenvalue weighted by molar-refractivity contribution is 0.0942. The third kappa shape index (κ3) is 4.51. The number of nitrogens with zero attached hydrogens (tertiary/aromatic N) is 4. The second-order valence-electron chi connectivity index (χ2n) is 8.34. The number of fused-ring (bicyclic) bond motifs is 2. The van der Waals surface area contributed by atoms with Crippen LogP contribution in [0.4, 0.5) is 0 Å². The van der Waals surface area contributed by atoms with E-state index in [0.717, 1.165) is 47.2 Å². The molecule has 0 saturated carbocycles. The zero-order valence-corrected chi connectivity index (χ0v) is 18.4. The van der Waals surface area contributed by atoms with Gasteiger partial charge in [0.05, 0.1) is 18.7 Å². The van der Waals surface area contributed by atoms with E-state index in [2.05, 4.69) is 32.4 Å². The number of para-hydroxylation sites is 1. The van der Waals surface area contributed by atoms with Gasteiger partial charge in [-0.15, -0.1) is 0 Å². The Hall–Kier alpha value is -3.55. The van der Waals surface area contributed by atoms with Crippen LogP contribution in [-0.2, 0) is 32.6 Å². The zero-order chi connectivity index (χ0) is 22.6. The molecule has 0 saturated heterocycles. The highest BCUT2D eigenvalue weighted by atomic mass is 16.3. The van der Waals surface area contributed by atoms with Crippen LogP contribution in [0.15, 0.2) is 66.9 Å². The number of aromatic nitrogens is 3. The van der Waals surface area contributed by atoms with E-state index in [4.69, 9.17) is 0 Å². The predicted octanol–water partition coefficient (Wildman–Crippen LogP) is 2.91. The van der Waals surface area contributed by atoms with Gasteiger partial charge in [-0.05, 0) is 23.3 Å². The molecule has 5 rings (SSSR count). The van der Waals surface area contributed by atoms with E-state index in [1.54, 1.807) is 4.68 Å². The van der Waals surface area contributed by atoms with Crippen LogP contribution in [0.2, 0.25) is 0 Å². The molecule has 1 amide bonds. The van der Waals surface area contributed by atoms with Crippen LogP contribution in [0.3, 0.4) is 0 Å². The molecule has 0 unspecified atom stereocenters. The normalized spacial score (nSPS) is 13.7. The minimum Gasteiger partial charge on any atom is -0.394 e. The van der Waals surface area contributed by atoms with E-state index in [0.29, 0.717) is 25.3 Å². The second-order valence-corrected chi connectivity index (χ2v) is 8.34. The average molecular weight is 442 g/mol. The fourth-order valence-electron chi connectivity index (χ4n) is 4.54. The second kappa shape index (κ2) is 9.52. The number of amides is 1. The highest BCUT2D eigenvalue weighted by molar-refractivity contribution is 5.94. The van der Waals surface area contributed by atoms with Gasteiger partial charge < -0.3 is 10.4 Å². The smallest absolute Gasteiger partial charge is 0.272 e. The summed E-state index contributed by atoms with van der Waals surface area (Å²) in [6.45, 7) is 3.12. The molecule has 0 radical (unpaired) electrons. The maximum atomic E-state index is 13.1. The lowest BCUT2D eigenvalue weighted by atomic mass is 10.0. The number of hydrogen-bond donors (Lipinski definition) is 2. The van der Waals surface area contributed by atoms with Gasteiger partial charge in [-0.2, -0.15) is 5.10 Å². The summed E-state index contributed by atoms with van der Waals surface area (Å²) >= 11 is 0. The first-order valence-electron chi connectivity index (χ1n) is 11.3. The number of hydrogen-bond acceptors (Lipinski definition) is 5. The first kappa shape index (κ1) is 21.3. The summed E-state index contributed by atoms with van der Waals surface area (Å²) in [6, 6.07) is 20.1. The van der Waals surface area contributed by atoms with Crippen molar-refractivity contribution in [2.24, 2.45) is 0 Å². The van der Waals surface area contributed by atoms with Crippen molar-refractivity contribution >= 4 is 16.8 Å². The van der Waals surface area contributed by atoms with Crippen LogP contribution in [0.1, 0.15) is 32.9 Å². The Morgan fingerprint density at radius 3 is 2.73 bits per heavy atom. The van der Waals surface area contributed by atoms with Crippen molar-refractivity contribution in [3.63, 3.8) is 0 Å². The number of aliphatic hydroxyl groups is 1. The average Bonchev–Trinajstić information content (AvgIpc) is 3.21. The molecule has 3 heterocycles.